The van der Waals surface area contributed by atoms with E-state index in [1.165, 1.54) is 11.3 Å². The number of nitrogens with one attached hydrogen (secondary N) is 1. The molecule has 0 aliphatic carbocycles. The van der Waals surface area contributed by atoms with Crippen molar-refractivity contribution in [3.63, 3.8) is 0 Å². The van der Waals surface area contributed by atoms with E-state index in [1.54, 1.807) is 6.26 Å². The summed E-state index contributed by atoms with van der Waals surface area (Å²) < 4.78 is 5.18. The van der Waals surface area contributed by atoms with Gasteiger partial charge in [-0.05, 0) is 18.1 Å². The lowest BCUT2D eigenvalue weighted by atomic mass is 10.1. The van der Waals surface area contributed by atoms with Crippen LogP contribution in [0.1, 0.15) is 31.0 Å². The van der Waals surface area contributed by atoms with Gasteiger partial charge in [-0.2, -0.15) is 0 Å². The van der Waals surface area contributed by atoms with Crippen molar-refractivity contribution in [3.05, 3.63) is 29.2 Å². The molecule has 2 aromatic rings. The minimum Gasteiger partial charge on any atom is -0.469 e. The van der Waals surface area contributed by atoms with Gasteiger partial charge in [0, 0.05) is 19.3 Å². The Bertz CT molecular complexity index is 520. The second-order valence-electron chi connectivity index (χ2n) is 4.73. The second-order valence-corrected chi connectivity index (χ2v) is 5.79. The average molecular weight is 279 g/mol. The summed E-state index contributed by atoms with van der Waals surface area (Å²) in [7, 11) is 0. The van der Waals surface area contributed by atoms with Crippen molar-refractivity contribution in [2.24, 2.45) is 5.92 Å². The average Bonchev–Trinajstić information content (AvgIpc) is 2.97. The number of rotatable bonds is 6. The van der Waals surface area contributed by atoms with Crippen molar-refractivity contribution in [1.82, 2.24) is 10.2 Å². The number of hydrogen-bond acceptors (Lipinski definition) is 5. The first-order valence-corrected chi connectivity index (χ1v) is 7.09. The molecule has 0 bridgehead atoms. The maximum Gasteiger partial charge on any atom is 0.226 e. The minimum absolute atomic E-state index is 0.0661. The summed E-state index contributed by atoms with van der Waals surface area (Å²) in [5.41, 5.74) is 0. The molecule has 102 valence electrons. The zero-order valence-corrected chi connectivity index (χ0v) is 11.9. The van der Waals surface area contributed by atoms with Crippen molar-refractivity contribution in [2.75, 3.05) is 5.32 Å². The van der Waals surface area contributed by atoms with Crippen molar-refractivity contribution in [3.8, 4) is 0 Å². The Labute approximate surface area is 116 Å². The molecule has 0 saturated heterocycles. The predicted octanol–water partition coefficient (Wildman–Crippen LogP) is 2.90. The molecule has 0 aliphatic heterocycles. The number of aryl methyl sites for hydroxylation is 1. The van der Waals surface area contributed by atoms with E-state index < -0.39 is 0 Å². The lowest BCUT2D eigenvalue weighted by Gasteiger charge is -1.99. The molecule has 5 nitrogen and oxygen atoms in total. The molecule has 0 unspecified atom stereocenters. The van der Waals surface area contributed by atoms with Crippen LogP contribution < -0.4 is 5.32 Å². The summed E-state index contributed by atoms with van der Waals surface area (Å²) in [6, 6.07) is 3.68. The number of nitrogens with zero attached hydrogens (tertiary/aromatic N) is 2. The van der Waals surface area contributed by atoms with Gasteiger partial charge < -0.3 is 9.73 Å². The summed E-state index contributed by atoms with van der Waals surface area (Å²) in [4.78, 5) is 11.7. The van der Waals surface area contributed by atoms with Gasteiger partial charge in [-0.1, -0.05) is 25.2 Å². The number of carbonyl (C=O) groups excluding carboxylic acids is 1. The first kappa shape index (κ1) is 13.7. The van der Waals surface area contributed by atoms with E-state index in [9.17, 15) is 4.79 Å². The number of furan rings is 1. The molecule has 1 amide bonds. The number of aromatic nitrogens is 2. The van der Waals surface area contributed by atoms with Gasteiger partial charge >= 0.3 is 0 Å². The first-order valence-electron chi connectivity index (χ1n) is 6.28. The van der Waals surface area contributed by atoms with Crippen molar-refractivity contribution >= 4 is 22.4 Å². The van der Waals surface area contributed by atoms with E-state index in [0.717, 1.165) is 17.2 Å². The molecule has 2 aromatic heterocycles. The molecule has 0 atom stereocenters. The fraction of sp³-hybridized carbons (Fsp3) is 0.462. The zero-order valence-electron chi connectivity index (χ0n) is 11.0. The van der Waals surface area contributed by atoms with Gasteiger partial charge in [0.2, 0.25) is 11.0 Å². The highest BCUT2D eigenvalue weighted by atomic mass is 32.1. The molecule has 2 rings (SSSR count). The molecule has 1 N–H and O–H groups in total. The largest absolute Gasteiger partial charge is 0.469 e. The molecule has 2 heterocycles. The van der Waals surface area contributed by atoms with E-state index in [0.29, 0.717) is 23.9 Å². The third-order valence-electron chi connectivity index (χ3n) is 2.47. The van der Waals surface area contributed by atoms with E-state index >= 15 is 0 Å². The molecule has 19 heavy (non-hydrogen) atoms. The van der Waals surface area contributed by atoms with Gasteiger partial charge in [-0.15, -0.1) is 10.2 Å². The highest BCUT2D eigenvalue weighted by Crippen LogP contribution is 2.18. The summed E-state index contributed by atoms with van der Waals surface area (Å²) in [5.74, 6) is 1.28. The first-order chi connectivity index (χ1) is 9.13. The number of anilines is 1. The monoisotopic (exact) mass is 279 g/mol. The molecular formula is C13H17N3O2S. The predicted molar refractivity (Wildman–Crippen MR) is 74.1 cm³/mol. The highest BCUT2D eigenvalue weighted by molar-refractivity contribution is 7.15. The van der Waals surface area contributed by atoms with Gasteiger partial charge in [0.15, 0.2) is 0 Å². The maximum absolute atomic E-state index is 11.7. The van der Waals surface area contributed by atoms with Gasteiger partial charge in [0.25, 0.3) is 0 Å². The van der Waals surface area contributed by atoms with Crippen LogP contribution in [-0.4, -0.2) is 16.1 Å². The Kier molecular flexibility index (Phi) is 4.68. The third kappa shape index (κ3) is 4.48. The van der Waals surface area contributed by atoms with E-state index in [1.807, 2.05) is 12.1 Å². The SMILES string of the molecule is CC(C)Cc1nnc(NC(=O)CCc2ccco2)s1. The van der Waals surface area contributed by atoms with Crippen LogP contribution in [0.25, 0.3) is 0 Å². The Balaban J connectivity index is 1.80. The summed E-state index contributed by atoms with van der Waals surface area (Å²) in [6.07, 6.45) is 3.47. The fourth-order valence-corrected chi connectivity index (χ4v) is 2.58. The van der Waals surface area contributed by atoms with Gasteiger partial charge in [-0.25, -0.2) is 0 Å². The van der Waals surface area contributed by atoms with Crippen molar-refractivity contribution in [2.45, 2.75) is 33.1 Å². The molecule has 0 spiro atoms. The quantitative estimate of drug-likeness (QED) is 0.882. The highest BCUT2D eigenvalue weighted by Gasteiger charge is 2.10. The van der Waals surface area contributed by atoms with Crippen molar-refractivity contribution < 1.29 is 9.21 Å². The molecule has 6 heteroatoms. The van der Waals surface area contributed by atoms with E-state index in [4.69, 9.17) is 4.42 Å². The van der Waals surface area contributed by atoms with Crippen molar-refractivity contribution in [1.29, 1.82) is 0 Å². The zero-order chi connectivity index (χ0) is 13.7. The number of hydrogen-bond donors (Lipinski definition) is 1. The molecular weight excluding hydrogens is 262 g/mol. The molecule has 0 saturated carbocycles. The minimum atomic E-state index is -0.0661. The summed E-state index contributed by atoms with van der Waals surface area (Å²) in [6.45, 7) is 4.26. The van der Waals surface area contributed by atoms with Crippen LogP contribution in [0, 0.1) is 5.92 Å². The smallest absolute Gasteiger partial charge is 0.226 e. The van der Waals surface area contributed by atoms with E-state index in [2.05, 4.69) is 29.4 Å². The Hall–Kier alpha value is -1.69. The molecule has 0 radical (unpaired) electrons. The Morgan fingerprint density at radius 1 is 1.47 bits per heavy atom. The van der Waals surface area contributed by atoms with Crippen LogP contribution in [0.15, 0.2) is 22.8 Å². The Morgan fingerprint density at radius 3 is 3.00 bits per heavy atom. The number of carbonyl (C=O) groups is 1. The van der Waals surface area contributed by atoms with Crippen LogP contribution in [-0.2, 0) is 17.6 Å². The molecule has 0 aromatic carbocycles. The van der Waals surface area contributed by atoms with Crippen LogP contribution in [0.5, 0.6) is 0 Å². The van der Waals surface area contributed by atoms with Gasteiger partial charge in [0.05, 0.1) is 6.26 Å². The Morgan fingerprint density at radius 2 is 2.32 bits per heavy atom. The van der Waals surface area contributed by atoms with Gasteiger partial charge in [-0.3, -0.25) is 4.79 Å². The lowest BCUT2D eigenvalue weighted by Crippen LogP contribution is -2.11. The summed E-state index contributed by atoms with van der Waals surface area (Å²) >= 11 is 1.44. The van der Waals surface area contributed by atoms with Gasteiger partial charge in [0.1, 0.15) is 10.8 Å². The standard InChI is InChI=1S/C13H17N3O2S/c1-9(2)8-12-15-16-13(19-12)14-11(17)6-5-10-4-3-7-18-10/h3-4,7,9H,5-6,8H2,1-2H3,(H,14,16,17). The molecule has 0 fully saturated rings. The van der Waals surface area contributed by atoms with E-state index in [-0.39, 0.29) is 5.91 Å². The lowest BCUT2D eigenvalue weighted by molar-refractivity contribution is -0.116. The second kappa shape index (κ2) is 6.47. The normalized spacial score (nSPS) is 10.9. The topological polar surface area (TPSA) is 68.0 Å². The molecule has 0 aliphatic rings. The van der Waals surface area contributed by atoms with Crippen LogP contribution in [0.2, 0.25) is 0 Å². The summed E-state index contributed by atoms with van der Waals surface area (Å²) in [5, 5.41) is 12.3. The fourth-order valence-electron chi connectivity index (χ4n) is 1.61. The van der Waals surface area contributed by atoms with Crippen LogP contribution in [0.4, 0.5) is 5.13 Å². The maximum atomic E-state index is 11.7. The van der Waals surface area contributed by atoms with Crippen LogP contribution >= 0.6 is 11.3 Å². The van der Waals surface area contributed by atoms with Crippen LogP contribution in [0.3, 0.4) is 0 Å². The number of amides is 1. The third-order valence-corrected chi connectivity index (χ3v) is 3.34.